The van der Waals surface area contributed by atoms with Gasteiger partial charge in [-0.25, -0.2) is 0 Å². The van der Waals surface area contributed by atoms with E-state index in [1.54, 1.807) is 0 Å². The first kappa shape index (κ1) is 16.5. The van der Waals surface area contributed by atoms with Crippen molar-refractivity contribution in [3.8, 4) is 0 Å². The summed E-state index contributed by atoms with van der Waals surface area (Å²) in [5.74, 6) is 1.60. The molecule has 1 nitrogen and oxygen atoms in total. The molecule has 1 radical (unpaired) electrons. The van der Waals surface area contributed by atoms with Crippen molar-refractivity contribution < 1.29 is 4.74 Å². The van der Waals surface area contributed by atoms with Gasteiger partial charge in [-0.2, -0.15) is 0 Å². The maximum absolute atomic E-state index is 5.62. The van der Waals surface area contributed by atoms with Crippen molar-refractivity contribution in [3.63, 3.8) is 0 Å². The lowest BCUT2D eigenvalue weighted by molar-refractivity contribution is 0.0947. The Balaban J connectivity index is 2.02. The first-order valence-corrected chi connectivity index (χ1v) is 8.46. The Morgan fingerprint density at radius 2 is 1.86 bits per heavy atom. The normalized spacial score (nSPS) is 24.8. The van der Waals surface area contributed by atoms with Crippen LogP contribution in [0.15, 0.2) is 24.3 Å². The Morgan fingerprint density at radius 1 is 1.19 bits per heavy atom. The largest absolute Gasteiger partial charge is 0.374 e. The summed E-state index contributed by atoms with van der Waals surface area (Å²) in [5.41, 5.74) is 3.15. The molecule has 1 heteroatoms. The highest BCUT2D eigenvalue weighted by Gasteiger charge is 2.30. The van der Waals surface area contributed by atoms with Gasteiger partial charge in [0, 0.05) is 6.61 Å². The van der Waals surface area contributed by atoms with E-state index < -0.39 is 0 Å². The molecule has 117 valence electrons. The molecule has 1 fully saturated rings. The van der Waals surface area contributed by atoms with Crippen LogP contribution in [0.1, 0.15) is 76.5 Å². The fraction of sp³-hybridized carbons (Fsp3) is 0.650. The maximum atomic E-state index is 5.62. The number of rotatable bonds is 4. The van der Waals surface area contributed by atoms with Gasteiger partial charge < -0.3 is 4.74 Å². The molecule has 0 saturated heterocycles. The smallest absolute Gasteiger partial charge is 0.0826 e. The Morgan fingerprint density at radius 3 is 2.43 bits per heavy atom. The van der Waals surface area contributed by atoms with Gasteiger partial charge in [-0.1, -0.05) is 45.0 Å². The van der Waals surface area contributed by atoms with Crippen LogP contribution in [0.2, 0.25) is 0 Å². The summed E-state index contributed by atoms with van der Waals surface area (Å²) in [4.78, 5) is 0. The van der Waals surface area contributed by atoms with Crippen molar-refractivity contribution in [2.45, 2.75) is 65.4 Å². The monoisotopic (exact) mass is 287 g/mol. The molecule has 21 heavy (non-hydrogen) atoms. The first-order valence-electron chi connectivity index (χ1n) is 8.46. The second-order valence-corrected chi connectivity index (χ2v) is 7.53. The van der Waals surface area contributed by atoms with Gasteiger partial charge in [-0.05, 0) is 67.9 Å². The second kappa shape index (κ2) is 6.96. The summed E-state index contributed by atoms with van der Waals surface area (Å²) in [6.07, 6.45) is 5.32. The van der Waals surface area contributed by atoms with Gasteiger partial charge in [-0.15, -0.1) is 0 Å². The summed E-state index contributed by atoms with van der Waals surface area (Å²) in [6, 6.07) is 8.90. The highest BCUT2D eigenvalue weighted by molar-refractivity contribution is 5.28. The average Bonchev–Trinajstić information content (AvgIpc) is 2.47. The van der Waals surface area contributed by atoms with E-state index in [4.69, 9.17) is 4.74 Å². The number of hydrogen-bond acceptors (Lipinski definition) is 1. The number of ether oxygens (including phenoxy) is 1. The highest BCUT2D eigenvalue weighted by Crippen LogP contribution is 2.43. The van der Waals surface area contributed by atoms with E-state index in [-0.39, 0.29) is 6.10 Å². The topological polar surface area (TPSA) is 9.23 Å². The molecule has 1 unspecified atom stereocenters. The van der Waals surface area contributed by atoms with Crippen molar-refractivity contribution in [1.29, 1.82) is 0 Å². The Kier molecular flexibility index (Phi) is 5.48. The molecule has 0 N–H and O–H groups in total. The van der Waals surface area contributed by atoms with Crippen molar-refractivity contribution in [1.82, 2.24) is 0 Å². The van der Waals surface area contributed by atoms with Crippen molar-refractivity contribution in [2.24, 2.45) is 11.3 Å². The van der Waals surface area contributed by atoms with E-state index in [0.29, 0.717) is 5.41 Å². The van der Waals surface area contributed by atoms with Crippen molar-refractivity contribution >= 4 is 0 Å². The van der Waals surface area contributed by atoms with E-state index in [9.17, 15) is 0 Å². The van der Waals surface area contributed by atoms with Crippen LogP contribution in [0, 0.1) is 18.3 Å². The zero-order valence-electron chi connectivity index (χ0n) is 14.2. The maximum Gasteiger partial charge on any atom is 0.0826 e. The summed E-state index contributed by atoms with van der Waals surface area (Å²) < 4.78 is 5.62. The first-order chi connectivity index (χ1) is 9.91. The van der Waals surface area contributed by atoms with E-state index in [2.05, 4.69) is 52.0 Å². The molecule has 0 heterocycles. The average molecular weight is 287 g/mol. The minimum absolute atomic E-state index is 0.0409. The molecule has 0 spiro atoms. The third-order valence-electron chi connectivity index (χ3n) is 5.07. The molecule has 1 saturated carbocycles. The molecule has 0 aromatic heterocycles. The zero-order chi connectivity index (χ0) is 15.5. The Bertz CT molecular complexity index is 435. The predicted molar refractivity (Wildman–Crippen MR) is 90.3 cm³/mol. The third-order valence-corrected chi connectivity index (χ3v) is 5.07. The van der Waals surface area contributed by atoms with Gasteiger partial charge >= 0.3 is 0 Å². The Labute approximate surface area is 131 Å². The lowest BCUT2D eigenvalue weighted by Gasteiger charge is -2.37. The summed E-state index contributed by atoms with van der Waals surface area (Å²) in [6.45, 7) is 14.0. The standard InChI is InChI=1S/C20H31O/c1-6-21-15(2)17-8-7-9-18(14-17)16-10-12-19(13-11-16)20(3,4)5/h7-9,14-16,19H,2,6,10-13H2,1,3-5H3. The second-order valence-electron chi connectivity index (χ2n) is 7.53. The summed E-state index contributed by atoms with van der Waals surface area (Å²) in [7, 11) is 0. The molecule has 0 bridgehead atoms. The predicted octanol–water partition coefficient (Wildman–Crippen LogP) is 5.92. The van der Waals surface area contributed by atoms with Crippen LogP contribution < -0.4 is 0 Å². The third kappa shape index (κ3) is 4.32. The molecule has 2 rings (SSSR count). The van der Waals surface area contributed by atoms with E-state index in [1.165, 1.54) is 36.8 Å². The van der Waals surface area contributed by atoms with Gasteiger partial charge in [0.25, 0.3) is 0 Å². The zero-order valence-corrected chi connectivity index (χ0v) is 14.2. The fourth-order valence-corrected chi connectivity index (χ4v) is 3.60. The molecule has 0 amide bonds. The van der Waals surface area contributed by atoms with Crippen LogP contribution in [0.3, 0.4) is 0 Å². The number of hydrogen-bond donors (Lipinski definition) is 0. The molecule has 1 aliphatic carbocycles. The number of benzene rings is 1. The van der Waals surface area contributed by atoms with Crippen LogP contribution in [0.4, 0.5) is 0 Å². The van der Waals surface area contributed by atoms with Crippen LogP contribution in [-0.2, 0) is 4.74 Å². The van der Waals surface area contributed by atoms with Crippen molar-refractivity contribution in [3.05, 3.63) is 42.3 Å². The van der Waals surface area contributed by atoms with Gasteiger partial charge in [0.1, 0.15) is 0 Å². The Hall–Kier alpha value is -0.820. The molecule has 1 atom stereocenters. The molecule has 1 aromatic carbocycles. The van der Waals surface area contributed by atoms with E-state index in [0.717, 1.165) is 18.4 Å². The van der Waals surface area contributed by atoms with Crippen LogP contribution >= 0.6 is 0 Å². The summed E-state index contributed by atoms with van der Waals surface area (Å²) >= 11 is 0. The fourth-order valence-electron chi connectivity index (χ4n) is 3.60. The minimum Gasteiger partial charge on any atom is -0.374 e. The molecular formula is C20H31O. The van der Waals surface area contributed by atoms with Gasteiger partial charge in [0.15, 0.2) is 0 Å². The summed E-state index contributed by atoms with van der Waals surface area (Å²) in [5, 5.41) is 0. The van der Waals surface area contributed by atoms with E-state index >= 15 is 0 Å². The lowest BCUT2D eigenvalue weighted by Crippen LogP contribution is -2.25. The van der Waals surface area contributed by atoms with Crippen LogP contribution in [-0.4, -0.2) is 6.61 Å². The highest BCUT2D eigenvalue weighted by atomic mass is 16.5. The molecule has 1 aromatic rings. The van der Waals surface area contributed by atoms with Gasteiger partial charge in [0.2, 0.25) is 0 Å². The molecular weight excluding hydrogens is 256 g/mol. The lowest BCUT2D eigenvalue weighted by atomic mass is 9.68. The molecule has 1 aliphatic rings. The van der Waals surface area contributed by atoms with Gasteiger partial charge in [-0.3, -0.25) is 0 Å². The van der Waals surface area contributed by atoms with Crippen molar-refractivity contribution in [2.75, 3.05) is 6.61 Å². The quantitative estimate of drug-likeness (QED) is 0.668. The van der Waals surface area contributed by atoms with Crippen LogP contribution in [0.25, 0.3) is 0 Å². The SMILES string of the molecule is [CH2]C(OCC)c1cccc(C2CCC(C(C)(C)C)CC2)c1. The minimum atomic E-state index is -0.0409. The van der Waals surface area contributed by atoms with Gasteiger partial charge in [0.05, 0.1) is 6.10 Å². The van der Waals surface area contributed by atoms with Crippen LogP contribution in [0.5, 0.6) is 0 Å². The van der Waals surface area contributed by atoms with E-state index in [1.807, 2.05) is 6.92 Å². The molecule has 0 aliphatic heterocycles.